The fraction of sp³-hybridized carbons (Fsp3) is 0.647. The number of nitrogens with two attached hydrogens (primary N) is 1. The van der Waals surface area contributed by atoms with Gasteiger partial charge < -0.3 is 20.1 Å². The van der Waals surface area contributed by atoms with Crippen molar-refractivity contribution < 1.29 is 9.47 Å². The molecule has 5 heteroatoms. The van der Waals surface area contributed by atoms with Crippen LogP contribution in [-0.2, 0) is 4.74 Å². The van der Waals surface area contributed by atoms with Crippen molar-refractivity contribution in [1.82, 2.24) is 4.90 Å². The smallest absolute Gasteiger partial charge is 0.143 e. The molecular weight excluding hydrogens is 278 g/mol. The number of nitrogens with zero attached hydrogens (tertiary/aromatic N) is 2. The minimum absolute atomic E-state index is 0.700. The van der Waals surface area contributed by atoms with Gasteiger partial charge in [-0.05, 0) is 31.4 Å². The van der Waals surface area contributed by atoms with Crippen LogP contribution in [0.2, 0.25) is 0 Å². The van der Waals surface area contributed by atoms with Crippen molar-refractivity contribution in [1.29, 1.82) is 0 Å². The van der Waals surface area contributed by atoms with E-state index in [2.05, 4.69) is 21.9 Å². The molecule has 3 rings (SSSR count). The molecule has 2 heterocycles. The zero-order valence-corrected chi connectivity index (χ0v) is 13.5. The van der Waals surface area contributed by atoms with E-state index in [1.807, 2.05) is 6.07 Å². The molecule has 2 fully saturated rings. The van der Waals surface area contributed by atoms with E-state index >= 15 is 0 Å². The normalized spacial score (nSPS) is 21.6. The second-order valence-corrected chi connectivity index (χ2v) is 6.15. The van der Waals surface area contributed by atoms with Crippen LogP contribution in [0, 0.1) is 0 Å². The Hall–Kier alpha value is -1.46. The van der Waals surface area contributed by atoms with Gasteiger partial charge in [0.05, 0.1) is 19.4 Å². The van der Waals surface area contributed by atoms with Gasteiger partial charge in [-0.2, -0.15) is 0 Å². The third-order valence-electron chi connectivity index (χ3n) is 4.82. The lowest BCUT2D eigenvalue weighted by atomic mass is 10.0. The molecule has 2 aliphatic heterocycles. The maximum atomic E-state index is 5.90. The maximum Gasteiger partial charge on any atom is 0.143 e. The van der Waals surface area contributed by atoms with E-state index in [1.165, 1.54) is 25.1 Å². The highest BCUT2D eigenvalue weighted by Gasteiger charge is 2.25. The summed E-state index contributed by atoms with van der Waals surface area (Å²) in [6.45, 7) is 6.25. The minimum Gasteiger partial charge on any atom is -0.495 e. The summed E-state index contributed by atoms with van der Waals surface area (Å²) >= 11 is 0. The number of nitrogen functional groups attached to an aromatic ring is 1. The summed E-state index contributed by atoms with van der Waals surface area (Å²) in [5.74, 6) is 0.768. The van der Waals surface area contributed by atoms with E-state index in [-0.39, 0.29) is 0 Å². The van der Waals surface area contributed by atoms with Crippen molar-refractivity contribution >= 4 is 11.4 Å². The number of ether oxygens (including phenoxy) is 2. The number of benzene rings is 1. The van der Waals surface area contributed by atoms with Gasteiger partial charge in [0, 0.05) is 50.6 Å². The standard InChI is InChI=1S/C17H27N3O2/c1-21-17-13-15(3-4-16(17)18)20-8-5-14(6-9-20)19-7-2-11-22-12-10-19/h3-4,13-14H,2,5-12,18H2,1H3. The number of piperidine rings is 1. The molecule has 1 aromatic rings. The van der Waals surface area contributed by atoms with Gasteiger partial charge in [0.25, 0.3) is 0 Å². The van der Waals surface area contributed by atoms with E-state index in [0.29, 0.717) is 11.7 Å². The summed E-state index contributed by atoms with van der Waals surface area (Å²) in [6, 6.07) is 6.79. The van der Waals surface area contributed by atoms with Crippen molar-refractivity contribution in [2.75, 3.05) is 57.1 Å². The summed E-state index contributed by atoms with van der Waals surface area (Å²) in [7, 11) is 1.67. The van der Waals surface area contributed by atoms with Crippen molar-refractivity contribution in [3.05, 3.63) is 18.2 Å². The van der Waals surface area contributed by atoms with Crippen LogP contribution in [-0.4, -0.2) is 57.4 Å². The molecular formula is C17H27N3O2. The molecule has 0 saturated carbocycles. The molecule has 0 bridgehead atoms. The molecule has 0 unspecified atom stereocenters. The van der Waals surface area contributed by atoms with Gasteiger partial charge in [-0.15, -0.1) is 0 Å². The summed E-state index contributed by atoms with van der Waals surface area (Å²) in [6.07, 6.45) is 3.59. The van der Waals surface area contributed by atoms with Gasteiger partial charge in [0.2, 0.25) is 0 Å². The zero-order chi connectivity index (χ0) is 15.4. The van der Waals surface area contributed by atoms with Gasteiger partial charge in [0.15, 0.2) is 0 Å². The number of anilines is 2. The molecule has 2 saturated heterocycles. The molecule has 0 atom stereocenters. The highest BCUT2D eigenvalue weighted by atomic mass is 16.5. The lowest BCUT2D eigenvalue weighted by Crippen LogP contribution is -2.45. The van der Waals surface area contributed by atoms with Gasteiger partial charge in [-0.1, -0.05) is 0 Å². The fourth-order valence-electron chi connectivity index (χ4n) is 3.52. The topological polar surface area (TPSA) is 51.0 Å². The Morgan fingerprint density at radius 3 is 2.73 bits per heavy atom. The molecule has 1 aromatic carbocycles. The minimum atomic E-state index is 0.700. The van der Waals surface area contributed by atoms with Gasteiger partial charge in [-0.25, -0.2) is 0 Å². The second-order valence-electron chi connectivity index (χ2n) is 6.15. The van der Waals surface area contributed by atoms with Crippen LogP contribution in [0.1, 0.15) is 19.3 Å². The van der Waals surface area contributed by atoms with Crippen LogP contribution >= 0.6 is 0 Å². The summed E-state index contributed by atoms with van der Waals surface area (Å²) in [5.41, 5.74) is 7.81. The van der Waals surface area contributed by atoms with Crippen LogP contribution in [0.3, 0.4) is 0 Å². The Morgan fingerprint density at radius 2 is 1.95 bits per heavy atom. The van der Waals surface area contributed by atoms with E-state index in [0.717, 1.165) is 45.0 Å². The van der Waals surface area contributed by atoms with Crippen molar-refractivity contribution in [2.24, 2.45) is 0 Å². The first kappa shape index (κ1) is 15.4. The molecule has 2 N–H and O–H groups in total. The molecule has 5 nitrogen and oxygen atoms in total. The van der Waals surface area contributed by atoms with Gasteiger partial charge in [-0.3, -0.25) is 4.90 Å². The van der Waals surface area contributed by atoms with Crippen molar-refractivity contribution in [2.45, 2.75) is 25.3 Å². The van der Waals surface area contributed by atoms with Gasteiger partial charge in [0.1, 0.15) is 5.75 Å². The maximum absolute atomic E-state index is 5.90. The van der Waals surface area contributed by atoms with Crippen LogP contribution in [0.15, 0.2) is 18.2 Å². The first-order valence-electron chi connectivity index (χ1n) is 8.28. The molecule has 0 amide bonds. The Morgan fingerprint density at radius 1 is 1.14 bits per heavy atom. The average Bonchev–Trinajstić information content (AvgIpc) is 2.85. The van der Waals surface area contributed by atoms with Gasteiger partial charge >= 0.3 is 0 Å². The molecule has 122 valence electrons. The van der Waals surface area contributed by atoms with E-state index < -0.39 is 0 Å². The summed E-state index contributed by atoms with van der Waals surface area (Å²) in [4.78, 5) is 5.06. The van der Waals surface area contributed by atoms with Crippen molar-refractivity contribution in [3.63, 3.8) is 0 Å². The third-order valence-corrected chi connectivity index (χ3v) is 4.82. The fourth-order valence-corrected chi connectivity index (χ4v) is 3.52. The Labute approximate surface area is 133 Å². The Kier molecular flexibility index (Phi) is 5.05. The molecule has 0 aliphatic carbocycles. The third kappa shape index (κ3) is 3.47. The number of rotatable bonds is 3. The highest BCUT2D eigenvalue weighted by molar-refractivity contribution is 5.62. The first-order chi connectivity index (χ1) is 10.8. The number of methoxy groups -OCH3 is 1. The van der Waals surface area contributed by atoms with E-state index in [9.17, 15) is 0 Å². The SMILES string of the molecule is COc1cc(N2CCC(N3CCCOCC3)CC2)ccc1N. The number of hydrogen-bond acceptors (Lipinski definition) is 5. The van der Waals surface area contributed by atoms with Crippen LogP contribution in [0.25, 0.3) is 0 Å². The molecule has 0 spiro atoms. The molecule has 2 aliphatic rings. The van der Waals surface area contributed by atoms with Crippen LogP contribution < -0.4 is 15.4 Å². The lowest BCUT2D eigenvalue weighted by molar-refractivity contribution is 0.125. The molecule has 0 aromatic heterocycles. The number of hydrogen-bond donors (Lipinski definition) is 1. The summed E-state index contributed by atoms with van der Waals surface area (Å²) in [5, 5.41) is 0. The highest BCUT2D eigenvalue weighted by Crippen LogP contribution is 2.30. The van der Waals surface area contributed by atoms with E-state index in [1.54, 1.807) is 7.11 Å². The largest absolute Gasteiger partial charge is 0.495 e. The zero-order valence-electron chi connectivity index (χ0n) is 13.5. The quantitative estimate of drug-likeness (QED) is 0.865. The molecule has 0 radical (unpaired) electrons. The Balaban J connectivity index is 1.59. The molecule has 22 heavy (non-hydrogen) atoms. The Bertz CT molecular complexity index is 479. The first-order valence-corrected chi connectivity index (χ1v) is 8.28. The monoisotopic (exact) mass is 305 g/mol. The van der Waals surface area contributed by atoms with Crippen molar-refractivity contribution in [3.8, 4) is 5.75 Å². The van der Waals surface area contributed by atoms with Crippen LogP contribution in [0.4, 0.5) is 11.4 Å². The second kappa shape index (κ2) is 7.20. The van der Waals surface area contributed by atoms with Crippen LogP contribution in [0.5, 0.6) is 5.75 Å². The summed E-state index contributed by atoms with van der Waals surface area (Å²) < 4.78 is 10.9. The predicted octanol–water partition coefficient (Wildman–Crippen LogP) is 1.97. The van der Waals surface area contributed by atoms with E-state index in [4.69, 9.17) is 15.2 Å². The predicted molar refractivity (Wildman–Crippen MR) is 89.7 cm³/mol. The average molecular weight is 305 g/mol. The lowest BCUT2D eigenvalue weighted by Gasteiger charge is -2.39.